The highest BCUT2D eigenvalue weighted by Crippen LogP contribution is 2.39. The Labute approximate surface area is 165 Å². The number of nitrogens with one attached hydrogen (secondary N) is 1. The lowest BCUT2D eigenvalue weighted by molar-refractivity contribution is -0.120. The van der Waals surface area contributed by atoms with Crippen LogP contribution in [-0.4, -0.2) is 27.2 Å². The summed E-state index contributed by atoms with van der Waals surface area (Å²) in [6, 6.07) is 6.73. The summed E-state index contributed by atoms with van der Waals surface area (Å²) in [5.74, 6) is -0.210. The van der Waals surface area contributed by atoms with E-state index in [2.05, 4.69) is 15.3 Å². The van der Waals surface area contributed by atoms with Gasteiger partial charge in [0.15, 0.2) is 0 Å². The minimum absolute atomic E-state index is 0.0530. The monoisotopic (exact) mass is 401 g/mol. The molecule has 1 N–H and O–H groups in total. The molecular formula is C20H20FN3OS2. The zero-order chi connectivity index (χ0) is 18.8. The van der Waals surface area contributed by atoms with Gasteiger partial charge in [-0.2, -0.15) is 0 Å². The van der Waals surface area contributed by atoms with Crippen LogP contribution in [0, 0.1) is 5.82 Å². The Hall–Kier alpha value is -1.99. The lowest BCUT2D eigenvalue weighted by Gasteiger charge is -2.16. The van der Waals surface area contributed by atoms with Crippen molar-refractivity contribution in [3.05, 3.63) is 41.8 Å². The van der Waals surface area contributed by atoms with Crippen LogP contribution in [0.5, 0.6) is 0 Å². The van der Waals surface area contributed by atoms with Crippen molar-refractivity contribution in [1.82, 2.24) is 15.3 Å². The number of hydrogen-bond acceptors (Lipinski definition) is 5. The van der Waals surface area contributed by atoms with Gasteiger partial charge in [0.1, 0.15) is 22.0 Å². The van der Waals surface area contributed by atoms with Gasteiger partial charge in [-0.25, -0.2) is 14.4 Å². The van der Waals surface area contributed by atoms with Crippen molar-refractivity contribution >= 4 is 39.2 Å². The summed E-state index contributed by atoms with van der Waals surface area (Å²) in [5, 5.41) is 6.64. The van der Waals surface area contributed by atoms with E-state index in [0.717, 1.165) is 39.2 Å². The standard InChI is InChI=1S/C20H20FN3OS2/c1-12(18(25)24-15-4-2-3-5-15)27-20-17-16(10-26-19(17)22-11-23-20)13-6-8-14(21)9-7-13/h6-12,15H,2-5H2,1H3,(H,24,25)/t12-/m1/s1. The van der Waals surface area contributed by atoms with Gasteiger partial charge >= 0.3 is 0 Å². The van der Waals surface area contributed by atoms with Crippen molar-refractivity contribution in [3.63, 3.8) is 0 Å². The van der Waals surface area contributed by atoms with Crippen molar-refractivity contribution in [3.8, 4) is 11.1 Å². The SMILES string of the molecule is C[C@@H](Sc1ncnc2scc(-c3ccc(F)cc3)c12)C(=O)NC1CCCC1. The number of thiophene rings is 1. The van der Waals surface area contributed by atoms with Gasteiger partial charge in [0.25, 0.3) is 0 Å². The van der Waals surface area contributed by atoms with E-state index in [1.54, 1.807) is 12.1 Å². The third-order valence-electron chi connectivity index (χ3n) is 4.85. The molecule has 7 heteroatoms. The fourth-order valence-electron chi connectivity index (χ4n) is 3.39. The van der Waals surface area contributed by atoms with Crippen LogP contribution in [-0.2, 0) is 4.79 Å². The van der Waals surface area contributed by atoms with Gasteiger partial charge in [-0.05, 0) is 37.5 Å². The average molecular weight is 402 g/mol. The van der Waals surface area contributed by atoms with E-state index < -0.39 is 0 Å². The van der Waals surface area contributed by atoms with Crippen LogP contribution in [0.4, 0.5) is 4.39 Å². The summed E-state index contributed by atoms with van der Waals surface area (Å²) >= 11 is 2.98. The molecule has 27 heavy (non-hydrogen) atoms. The molecule has 1 saturated carbocycles. The maximum atomic E-state index is 13.3. The van der Waals surface area contributed by atoms with Gasteiger partial charge in [0, 0.05) is 17.0 Å². The molecule has 0 saturated heterocycles. The third-order valence-corrected chi connectivity index (χ3v) is 6.84. The molecule has 140 valence electrons. The smallest absolute Gasteiger partial charge is 0.233 e. The molecule has 2 aromatic heterocycles. The average Bonchev–Trinajstić information content (AvgIpc) is 3.32. The Bertz CT molecular complexity index is 952. The minimum Gasteiger partial charge on any atom is -0.352 e. The number of carbonyl (C=O) groups excluding carboxylic acids is 1. The molecule has 0 aliphatic heterocycles. The number of amides is 1. The van der Waals surface area contributed by atoms with Crippen LogP contribution in [0.25, 0.3) is 21.3 Å². The third kappa shape index (κ3) is 3.99. The molecule has 1 aliphatic carbocycles. The van der Waals surface area contributed by atoms with Crippen LogP contribution in [0.1, 0.15) is 32.6 Å². The highest BCUT2D eigenvalue weighted by atomic mass is 32.2. The minimum atomic E-state index is -0.263. The van der Waals surface area contributed by atoms with E-state index in [4.69, 9.17) is 0 Å². The van der Waals surface area contributed by atoms with E-state index in [9.17, 15) is 9.18 Å². The normalized spacial score (nSPS) is 15.9. The highest BCUT2D eigenvalue weighted by molar-refractivity contribution is 8.00. The van der Waals surface area contributed by atoms with E-state index in [-0.39, 0.29) is 17.0 Å². The van der Waals surface area contributed by atoms with Crippen LogP contribution >= 0.6 is 23.1 Å². The molecule has 1 aromatic carbocycles. The first kappa shape index (κ1) is 18.4. The van der Waals surface area contributed by atoms with Crippen LogP contribution in [0.15, 0.2) is 41.0 Å². The predicted octanol–water partition coefficient (Wildman–Crippen LogP) is 5.04. The topological polar surface area (TPSA) is 54.9 Å². The number of rotatable bonds is 5. The maximum Gasteiger partial charge on any atom is 0.233 e. The Morgan fingerprint density at radius 3 is 2.74 bits per heavy atom. The molecule has 0 spiro atoms. The summed E-state index contributed by atoms with van der Waals surface area (Å²) in [7, 11) is 0. The first-order chi connectivity index (χ1) is 13.1. The van der Waals surface area contributed by atoms with E-state index in [1.807, 2.05) is 12.3 Å². The molecule has 0 radical (unpaired) electrons. The lowest BCUT2D eigenvalue weighted by atomic mass is 10.1. The summed E-state index contributed by atoms with van der Waals surface area (Å²) in [6.45, 7) is 1.91. The van der Waals surface area contributed by atoms with Crippen molar-refractivity contribution in [2.45, 2.75) is 48.9 Å². The van der Waals surface area contributed by atoms with E-state index in [1.165, 1.54) is 54.4 Å². The molecule has 0 bridgehead atoms. The van der Waals surface area contributed by atoms with Crippen molar-refractivity contribution in [1.29, 1.82) is 0 Å². The van der Waals surface area contributed by atoms with Gasteiger partial charge < -0.3 is 5.32 Å². The number of hydrogen-bond donors (Lipinski definition) is 1. The summed E-state index contributed by atoms with van der Waals surface area (Å²) in [5.41, 5.74) is 1.89. The van der Waals surface area contributed by atoms with Gasteiger partial charge in [0.05, 0.1) is 10.6 Å². The number of benzene rings is 1. The molecule has 4 nitrogen and oxygen atoms in total. The largest absolute Gasteiger partial charge is 0.352 e. The van der Waals surface area contributed by atoms with Crippen LogP contribution in [0.3, 0.4) is 0 Å². The van der Waals surface area contributed by atoms with Gasteiger partial charge in [0.2, 0.25) is 5.91 Å². The second-order valence-corrected chi connectivity index (χ2v) is 8.95. The highest BCUT2D eigenvalue weighted by Gasteiger charge is 2.23. The predicted molar refractivity (Wildman–Crippen MR) is 109 cm³/mol. The van der Waals surface area contributed by atoms with Crippen molar-refractivity contribution in [2.24, 2.45) is 0 Å². The molecule has 3 aromatic rings. The summed E-state index contributed by atoms with van der Waals surface area (Å²) in [4.78, 5) is 22.2. The number of carbonyl (C=O) groups is 1. The maximum absolute atomic E-state index is 13.3. The number of fused-ring (bicyclic) bond motifs is 1. The number of thioether (sulfide) groups is 1. The molecule has 1 atom stereocenters. The number of aromatic nitrogens is 2. The second-order valence-electron chi connectivity index (χ2n) is 6.77. The first-order valence-electron chi connectivity index (χ1n) is 9.07. The van der Waals surface area contributed by atoms with E-state index >= 15 is 0 Å². The Morgan fingerprint density at radius 1 is 1.26 bits per heavy atom. The first-order valence-corrected chi connectivity index (χ1v) is 10.8. The molecule has 1 aliphatic rings. The second kappa shape index (κ2) is 7.94. The molecule has 1 fully saturated rings. The number of nitrogens with zero attached hydrogens (tertiary/aromatic N) is 2. The van der Waals surface area contributed by atoms with Gasteiger partial charge in [-0.3, -0.25) is 4.79 Å². The summed E-state index contributed by atoms with van der Waals surface area (Å²) in [6.07, 6.45) is 6.06. The molecule has 1 amide bonds. The van der Waals surface area contributed by atoms with E-state index in [0.29, 0.717) is 6.04 Å². The van der Waals surface area contributed by atoms with Crippen molar-refractivity contribution in [2.75, 3.05) is 0 Å². The van der Waals surface area contributed by atoms with Crippen LogP contribution in [0.2, 0.25) is 0 Å². The molecule has 0 unspecified atom stereocenters. The molecule has 4 rings (SSSR count). The fourth-order valence-corrected chi connectivity index (χ4v) is 5.31. The zero-order valence-electron chi connectivity index (χ0n) is 14.9. The van der Waals surface area contributed by atoms with Gasteiger partial charge in [-0.15, -0.1) is 11.3 Å². The Morgan fingerprint density at radius 2 is 2.00 bits per heavy atom. The quantitative estimate of drug-likeness (QED) is 0.481. The molecule has 2 heterocycles. The Balaban J connectivity index is 1.60. The zero-order valence-corrected chi connectivity index (χ0v) is 16.6. The lowest BCUT2D eigenvalue weighted by Crippen LogP contribution is -2.37. The molecular weight excluding hydrogens is 381 g/mol. The fraction of sp³-hybridized carbons (Fsp3) is 0.350. The number of halogens is 1. The van der Waals surface area contributed by atoms with Crippen LogP contribution < -0.4 is 5.32 Å². The Kier molecular flexibility index (Phi) is 5.41. The van der Waals surface area contributed by atoms with Crippen molar-refractivity contribution < 1.29 is 9.18 Å². The summed E-state index contributed by atoms with van der Waals surface area (Å²) < 4.78 is 13.3. The van der Waals surface area contributed by atoms with Gasteiger partial charge in [-0.1, -0.05) is 36.7 Å².